The van der Waals surface area contributed by atoms with Gasteiger partial charge in [-0.15, -0.1) is 0 Å². The number of ether oxygens (including phenoxy) is 1. The highest BCUT2D eigenvalue weighted by Gasteiger charge is 2.36. The van der Waals surface area contributed by atoms with Gasteiger partial charge in [0.1, 0.15) is 5.69 Å². The minimum absolute atomic E-state index is 0.0862. The minimum Gasteiger partial charge on any atom is -0.380 e. The van der Waals surface area contributed by atoms with E-state index < -0.39 is 27.4 Å². The van der Waals surface area contributed by atoms with Crippen molar-refractivity contribution in [1.82, 2.24) is 0 Å². The third kappa shape index (κ3) is 3.97. The fraction of sp³-hybridized carbons (Fsp3) is 0.455. The molecule has 0 saturated carbocycles. The van der Waals surface area contributed by atoms with E-state index in [0.717, 1.165) is 6.07 Å². The van der Waals surface area contributed by atoms with Gasteiger partial charge in [0.05, 0.1) is 21.6 Å². The van der Waals surface area contributed by atoms with Crippen LogP contribution >= 0.6 is 11.6 Å². The Labute approximate surface area is 117 Å². The summed E-state index contributed by atoms with van der Waals surface area (Å²) >= 11 is 5.53. The van der Waals surface area contributed by atoms with Gasteiger partial charge in [-0.05, 0) is 13.0 Å². The summed E-state index contributed by atoms with van der Waals surface area (Å²) in [5, 5.41) is 12.9. The molecule has 0 amide bonds. The van der Waals surface area contributed by atoms with Crippen LogP contribution in [-0.2, 0) is 10.9 Å². The Kier molecular flexibility index (Phi) is 5.18. The van der Waals surface area contributed by atoms with Gasteiger partial charge >= 0.3 is 6.18 Å². The Balaban J connectivity index is 3.18. The molecule has 0 saturated heterocycles. The molecule has 0 aromatic heterocycles. The highest BCUT2D eigenvalue weighted by Crippen LogP contribution is 2.40. The van der Waals surface area contributed by atoms with Crippen LogP contribution in [0.1, 0.15) is 12.5 Å². The molecule has 0 aliphatic heterocycles. The third-order valence-electron chi connectivity index (χ3n) is 2.57. The first kappa shape index (κ1) is 16.5. The average molecular weight is 313 g/mol. The number of halogens is 4. The molecule has 1 aromatic rings. The second kappa shape index (κ2) is 6.27. The number of methoxy groups -OCH3 is 1. The predicted molar refractivity (Wildman–Crippen MR) is 68.1 cm³/mol. The van der Waals surface area contributed by atoms with Crippen molar-refractivity contribution in [1.29, 1.82) is 0 Å². The fourth-order valence-electron chi connectivity index (χ4n) is 1.41. The summed E-state index contributed by atoms with van der Waals surface area (Å²) in [6, 6.07) is 1.31. The molecule has 1 unspecified atom stereocenters. The van der Waals surface area contributed by atoms with Crippen molar-refractivity contribution in [3.63, 3.8) is 0 Å². The van der Waals surface area contributed by atoms with Gasteiger partial charge in [-0.1, -0.05) is 11.6 Å². The van der Waals surface area contributed by atoms with Gasteiger partial charge < -0.3 is 10.1 Å². The number of hydrogen-bond acceptors (Lipinski definition) is 4. The topological polar surface area (TPSA) is 64.4 Å². The molecule has 0 aliphatic rings. The van der Waals surface area contributed by atoms with Crippen molar-refractivity contribution in [2.75, 3.05) is 19.0 Å². The van der Waals surface area contributed by atoms with E-state index in [-0.39, 0.29) is 18.3 Å². The summed E-state index contributed by atoms with van der Waals surface area (Å²) in [4.78, 5) is 9.95. The lowest BCUT2D eigenvalue weighted by atomic mass is 10.1. The van der Waals surface area contributed by atoms with Crippen LogP contribution in [-0.4, -0.2) is 24.7 Å². The molecular formula is C11H12ClF3N2O3. The standard InChI is InChI=1S/C11H12ClF3N2O3/c1-6(20-2)5-16-9-4-8(12)7(11(13,14)15)3-10(9)17(18)19/h3-4,6,16H,5H2,1-2H3. The number of nitrogens with zero attached hydrogens (tertiary/aromatic N) is 1. The monoisotopic (exact) mass is 312 g/mol. The zero-order valence-corrected chi connectivity index (χ0v) is 11.4. The fourth-order valence-corrected chi connectivity index (χ4v) is 1.68. The van der Waals surface area contributed by atoms with Crippen LogP contribution in [0.3, 0.4) is 0 Å². The molecule has 0 radical (unpaired) electrons. The second-order valence-electron chi connectivity index (χ2n) is 4.03. The van der Waals surface area contributed by atoms with Crippen LogP contribution in [0.5, 0.6) is 0 Å². The highest BCUT2D eigenvalue weighted by atomic mass is 35.5. The lowest BCUT2D eigenvalue weighted by Gasteiger charge is -2.14. The van der Waals surface area contributed by atoms with E-state index in [1.165, 1.54) is 7.11 Å². The molecule has 0 bridgehead atoms. The van der Waals surface area contributed by atoms with E-state index in [9.17, 15) is 23.3 Å². The zero-order chi connectivity index (χ0) is 15.5. The quantitative estimate of drug-likeness (QED) is 0.665. The Hall–Kier alpha value is -1.54. The third-order valence-corrected chi connectivity index (χ3v) is 2.88. The van der Waals surface area contributed by atoms with Gasteiger partial charge in [-0.25, -0.2) is 0 Å². The number of benzene rings is 1. The van der Waals surface area contributed by atoms with E-state index in [2.05, 4.69) is 5.32 Å². The van der Waals surface area contributed by atoms with Crippen molar-refractivity contribution >= 4 is 23.0 Å². The molecule has 5 nitrogen and oxygen atoms in total. The minimum atomic E-state index is -4.75. The predicted octanol–water partition coefficient (Wildman–Crippen LogP) is 3.71. The normalized spacial score (nSPS) is 13.1. The molecule has 0 heterocycles. The van der Waals surface area contributed by atoms with Crippen molar-refractivity contribution in [2.45, 2.75) is 19.2 Å². The zero-order valence-electron chi connectivity index (χ0n) is 10.6. The van der Waals surface area contributed by atoms with Crippen molar-refractivity contribution in [3.05, 3.63) is 32.8 Å². The lowest BCUT2D eigenvalue weighted by molar-refractivity contribution is -0.384. The van der Waals surface area contributed by atoms with Gasteiger partial charge in [0, 0.05) is 19.7 Å². The van der Waals surface area contributed by atoms with Gasteiger partial charge in [0.2, 0.25) is 0 Å². The van der Waals surface area contributed by atoms with Crippen LogP contribution in [0.15, 0.2) is 12.1 Å². The summed E-state index contributed by atoms with van der Waals surface area (Å²) in [6.07, 6.45) is -5.02. The summed E-state index contributed by atoms with van der Waals surface area (Å²) < 4.78 is 42.9. The van der Waals surface area contributed by atoms with Crippen molar-refractivity contribution < 1.29 is 22.8 Å². The molecular weight excluding hydrogens is 301 g/mol. The summed E-state index contributed by atoms with van der Waals surface area (Å²) in [7, 11) is 1.44. The highest BCUT2D eigenvalue weighted by molar-refractivity contribution is 6.31. The van der Waals surface area contributed by atoms with Crippen LogP contribution in [0.4, 0.5) is 24.5 Å². The molecule has 20 heavy (non-hydrogen) atoms. The van der Waals surface area contributed by atoms with Crippen LogP contribution in [0, 0.1) is 10.1 Å². The van der Waals surface area contributed by atoms with E-state index in [4.69, 9.17) is 16.3 Å². The first-order chi connectivity index (χ1) is 9.16. The van der Waals surface area contributed by atoms with Gasteiger partial charge in [0.15, 0.2) is 0 Å². The van der Waals surface area contributed by atoms with Gasteiger partial charge in [-0.3, -0.25) is 10.1 Å². The lowest BCUT2D eigenvalue weighted by Crippen LogP contribution is -2.19. The smallest absolute Gasteiger partial charge is 0.380 e. The molecule has 0 aliphatic carbocycles. The van der Waals surface area contributed by atoms with Gasteiger partial charge in [-0.2, -0.15) is 13.2 Å². The molecule has 1 aromatic carbocycles. The number of alkyl halides is 3. The molecule has 1 N–H and O–H groups in total. The summed E-state index contributed by atoms with van der Waals surface area (Å²) in [6.45, 7) is 1.89. The Morgan fingerprint density at radius 2 is 2.10 bits per heavy atom. The number of nitro groups is 1. The maximum absolute atomic E-state index is 12.6. The maximum atomic E-state index is 12.6. The van der Waals surface area contributed by atoms with Crippen molar-refractivity contribution in [3.8, 4) is 0 Å². The van der Waals surface area contributed by atoms with E-state index in [1.54, 1.807) is 6.92 Å². The SMILES string of the molecule is COC(C)CNc1cc(Cl)c(C(F)(F)F)cc1[N+](=O)[O-]. The average Bonchev–Trinajstić information content (AvgIpc) is 2.33. The molecule has 9 heteroatoms. The molecule has 1 atom stereocenters. The molecule has 1 rings (SSSR count). The molecule has 0 fully saturated rings. The van der Waals surface area contributed by atoms with Crippen LogP contribution in [0.2, 0.25) is 5.02 Å². The van der Waals surface area contributed by atoms with Crippen LogP contribution in [0.25, 0.3) is 0 Å². The number of hydrogen-bond donors (Lipinski definition) is 1. The molecule has 0 spiro atoms. The number of nitro benzene ring substituents is 1. The summed E-state index contributed by atoms with van der Waals surface area (Å²) in [5.74, 6) is 0. The Bertz CT molecular complexity index is 508. The molecule has 112 valence electrons. The number of anilines is 1. The first-order valence-corrected chi connectivity index (χ1v) is 5.86. The second-order valence-corrected chi connectivity index (χ2v) is 4.44. The van der Waals surface area contributed by atoms with Crippen LogP contribution < -0.4 is 5.32 Å². The number of nitrogens with one attached hydrogen (secondary N) is 1. The summed E-state index contributed by atoms with van der Waals surface area (Å²) in [5.41, 5.74) is -2.02. The first-order valence-electron chi connectivity index (χ1n) is 5.48. The van der Waals surface area contributed by atoms with Crippen molar-refractivity contribution in [2.24, 2.45) is 0 Å². The Morgan fingerprint density at radius 1 is 1.50 bits per heavy atom. The van der Waals surface area contributed by atoms with E-state index in [0.29, 0.717) is 6.07 Å². The van der Waals surface area contributed by atoms with E-state index in [1.807, 2.05) is 0 Å². The Morgan fingerprint density at radius 3 is 2.55 bits per heavy atom. The van der Waals surface area contributed by atoms with Gasteiger partial charge in [0.25, 0.3) is 5.69 Å². The largest absolute Gasteiger partial charge is 0.418 e. The maximum Gasteiger partial charge on any atom is 0.418 e. The number of rotatable bonds is 5. The van der Waals surface area contributed by atoms with E-state index >= 15 is 0 Å².